The summed E-state index contributed by atoms with van der Waals surface area (Å²) >= 11 is 0. The highest BCUT2D eigenvalue weighted by Gasteiger charge is 2.20. The zero-order valence-electron chi connectivity index (χ0n) is 17.4. The minimum Gasteiger partial charge on any atom is -0.456 e. The van der Waals surface area contributed by atoms with Crippen molar-refractivity contribution in [2.75, 3.05) is 18.9 Å². The fourth-order valence-corrected chi connectivity index (χ4v) is 4.33. The predicted molar refractivity (Wildman–Crippen MR) is 122 cm³/mol. The molecule has 3 aromatic rings. The molecular weight excluding hydrogens is 428 g/mol. The number of likely N-dealkylation sites (tertiary alicyclic amines) is 1. The smallest absolute Gasteiger partial charge is 0.283 e. The van der Waals surface area contributed by atoms with E-state index in [1.54, 1.807) is 60.9 Å². The zero-order valence-corrected chi connectivity index (χ0v) is 18.2. The number of nitrogens with one attached hydrogen (secondary N) is 1. The third-order valence-electron chi connectivity index (χ3n) is 4.96. The third-order valence-corrected chi connectivity index (χ3v) is 6.28. The first kappa shape index (κ1) is 21.5. The van der Waals surface area contributed by atoms with Gasteiger partial charge in [-0.05, 0) is 67.1 Å². The molecule has 1 saturated heterocycles. The van der Waals surface area contributed by atoms with E-state index in [0.29, 0.717) is 35.0 Å². The summed E-state index contributed by atoms with van der Waals surface area (Å²) in [6.07, 6.45) is 4.80. The van der Waals surface area contributed by atoms with E-state index >= 15 is 0 Å². The maximum Gasteiger partial charge on any atom is 0.283 e. The molecule has 1 aliphatic rings. The van der Waals surface area contributed by atoms with Gasteiger partial charge in [0.2, 0.25) is 0 Å². The highest BCUT2D eigenvalue weighted by molar-refractivity contribution is 7.90. The number of sulfonamides is 1. The first-order chi connectivity index (χ1) is 15.4. The lowest BCUT2D eigenvalue weighted by Gasteiger charge is -2.11. The van der Waals surface area contributed by atoms with Gasteiger partial charge in [0.15, 0.2) is 0 Å². The molecule has 1 N–H and O–H groups in total. The number of rotatable bonds is 6. The fraction of sp³-hybridized carbons (Fsp3) is 0.174. The van der Waals surface area contributed by atoms with Crippen LogP contribution in [-0.2, 0) is 10.0 Å². The summed E-state index contributed by atoms with van der Waals surface area (Å²) in [5.41, 5.74) is 0.922. The van der Waals surface area contributed by atoms with Crippen LogP contribution in [0, 0.1) is 0 Å². The van der Waals surface area contributed by atoms with Crippen molar-refractivity contribution in [2.45, 2.75) is 17.7 Å². The van der Waals surface area contributed by atoms with Crippen molar-refractivity contribution in [3.8, 4) is 11.5 Å². The van der Waals surface area contributed by atoms with E-state index in [-0.39, 0.29) is 10.8 Å². The van der Waals surface area contributed by atoms with Gasteiger partial charge in [0.05, 0.1) is 11.1 Å². The molecule has 0 radical (unpaired) electrons. The molecule has 2 heterocycles. The number of carbonyl (C=O) groups excluding carboxylic acids is 1. The largest absolute Gasteiger partial charge is 0.456 e. The van der Waals surface area contributed by atoms with E-state index in [1.165, 1.54) is 12.1 Å². The lowest BCUT2D eigenvalue weighted by Crippen LogP contribution is -2.20. The highest BCUT2D eigenvalue weighted by Crippen LogP contribution is 2.22. The molecule has 2 aromatic carbocycles. The Balaban J connectivity index is 1.40. The van der Waals surface area contributed by atoms with Crippen molar-refractivity contribution in [1.82, 2.24) is 9.88 Å². The third kappa shape index (κ3) is 5.12. The number of benzene rings is 2. The highest BCUT2D eigenvalue weighted by atomic mass is 32.2. The lowest BCUT2D eigenvalue weighted by atomic mass is 10.2. The molecule has 1 aliphatic heterocycles. The van der Waals surface area contributed by atoms with E-state index in [1.807, 2.05) is 11.9 Å². The first-order valence-electron chi connectivity index (χ1n) is 10.0. The van der Waals surface area contributed by atoms with Crippen molar-refractivity contribution < 1.29 is 17.9 Å². The molecule has 4 rings (SSSR count). The molecule has 32 heavy (non-hydrogen) atoms. The number of ether oxygens (including phenoxy) is 1. The SMILES string of the molecule is CN1CCC/C1=N\S(=O)(=O)c1ccc(NC(=O)c2ccc(Oc3cccnc3)cc2)cc1. The Morgan fingerprint density at radius 3 is 2.44 bits per heavy atom. The normalized spacial score (nSPS) is 15.0. The fourth-order valence-electron chi connectivity index (χ4n) is 3.23. The topological polar surface area (TPSA) is 101 Å². The van der Waals surface area contributed by atoms with Crippen molar-refractivity contribution in [2.24, 2.45) is 4.40 Å². The van der Waals surface area contributed by atoms with Gasteiger partial charge in [-0.2, -0.15) is 8.42 Å². The van der Waals surface area contributed by atoms with Crippen LogP contribution in [0.4, 0.5) is 5.69 Å². The second-order valence-corrected chi connectivity index (χ2v) is 8.91. The minimum absolute atomic E-state index is 0.0835. The van der Waals surface area contributed by atoms with Gasteiger partial charge in [-0.25, -0.2) is 0 Å². The van der Waals surface area contributed by atoms with E-state index in [0.717, 1.165) is 13.0 Å². The van der Waals surface area contributed by atoms with Gasteiger partial charge in [-0.3, -0.25) is 9.78 Å². The van der Waals surface area contributed by atoms with Gasteiger partial charge in [0, 0.05) is 37.5 Å². The number of hydrogen-bond donors (Lipinski definition) is 1. The number of anilines is 1. The van der Waals surface area contributed by atoms with E-state index in [2.05, 4.69) is 14.7 Å². The summed E-state index contributed by atoms with van der Waals surface area (Å²) in [6, 6.07) is 16.2. The Morgan fingerprint density at radius 1 is 1.06 bits per heavy atom. The Morgan fingerprint density at radius 2 is 1.81 bits per heavy atom. The van der Waals surface area contributed by atoms with Crippen molar-refractivity contribution in [3.63, 3.8) is 0 Å². The van der Waals surface area contributed by atoms with Crippen molar-refractivity contribution in [1.29, 1.82) is 0 Å². The maximum atomic E-state index is 12.5. The van der Waals surface area contributed by atoms with Gasteiger partial charge in [0.25, 0.3) is 15.9 Å². The van der Waals surface area contributed by atoms with Crippen LogP contribution in [0.1, 0.15) is 23.2 Å². The lowest BCUT2D eigenvalue weighted by molar-refractivity contribution is 0.102. The van der Waals surface area contributed by atoms with Crippen molar-refractivity contribution in [3.05, 3.63) is 78.6 Å². The molecule has 1 fully saturated rings. The van der Waals surface area contributed by atoms with Gasteiger partial charge in [0.1, 0.15) is 17.3 Å². The van der Waals surface area contributed by atoms with Crippen LogP contribution in [-0.4, -0.2) is 43.6 Å². The number of hydrogen-bond acceptors (Lipinski definition) is 5. The van der Waals surface area contributed by atoms with E-state index < -0.39 is 10.0 Å². The average molecular weight is 451 g/mol. The second kappa shape index (κ2) is 9.19. The Hall–Kier alpha value is -3.72. The number of amidine groups is 1. The average Bonchev–Trinajstić information content (AvgIpc) is 3.19. The number of nitrogens with zero attached hydrogens (tertiary/aromatic N) is 3. The quantitative estimate of drug-likeness (QED) is 0.611. The van der Waals surface area contributed by atoms with Crippen LogP contribution in [0.25, 0.3) is 0 Å². The molecule has 0 saturated carbocycles. The Bertz CT molecular complexity index is 1230. The number of aromatic nitrogens is 1. The maximum absolute atomic E-state index is 12.5. The summed E-state index contributed by atoms with van der Waals surface area (Å²) in [4.78, 5) is 18.4. The number of amides is 1. The molecule has 164 valence electrons. The van der Waals surface area contributed by atoms with Gasteiger partial charge in [-0.1, -0.05) is 0 Å². The van der Waals surface area contributed by atoms with Crippen LogP contribution >= 0.6 is 0 Å². The van der Waals surface area contributed by atoms with Crippen LogP contribution in [0.2, 0.25) is 0 Å². The molecule has 1 amide bonds. The van der Waals surface area contributed by atoms with Crippen LogP contribution < -0.4 is 10.1 Å². The molecule has 0 bridgehead atoms. The van der Waals surface area contributed by atoms with Gasteiger partial charge < -0.3 is 15.0 Å². The predicted octanol–water partition coefficient (Wildman–Crippen LogP) is 3.94. The molecule has 0 aliphatic carbocycles. The van der Waals surface area contributed by atoms with Gasteiger partial charge in [-0.15, -0.1) is 4.40 Å². The van der Waals surface area contributed by atoms with Crippen LogP contribution in [0.15, 0.2) is 82.4 Å². The van der Waals surface area contributed by atoms with Crippen molar-refractivity contribution >= 4 is 27.5 Å². The zero-order chi connectivity index (χ0) is 22.6. The summed E-state index contributed by atoms with van der Waals surface area (Å²) in [6.45, 7) is 0.801. The summed E-state index contributed by atoms with van der Waals surface area (Å²) in [5, 5.41) is 2.76. The van der Waals surface area contributed by atoms with E-state index in [9.17, 15) is 13.2 Å². The molecular formula is C23H22N4O4S. The molecule has 0 spiro atoms. The first-order valence-corrected chi connectivity index (χ1v) is 11.5. The molecule has 9 heteroatoms. The standard InChI is InChI=1S/C23H22N4O4S/c1-27-15-3-5-22(27)26-32(29,30)21-12-8-18(9-13-21)25-23(28)17-6-10-19(11-7-17)31-20-4-2-14-24-16-20/h2,4,6-14,16H,3,5,15H2,1H3,(H,25,28)/b26-22+. The minimum atomic E-state index is -3.79. The molecule has 0 unspecified atom stereocenters. The number of pyridine rings is 1. The summed E-state index contributed by atoms with van der Waals surface area (Å²) in [7, 11) is -1.96. The van der Waals surface area contributed by atoms with E-state index in [4.69, 9.17) is 4.74 Å². The second-order valence-electron chi connectivity index (χ2n) is 7.30. The molecule has 1 aromatic heterocycles. The summed E-state index contributed by atoms with van der Waals surface area (Å²) in [5.74, 6) is 1.43. The monoisotopic (exact) mass is 450 g/mol. The molecule has 8 nitrogen and oxygen atoms in total. The van der Waals surface area contributed by atoms with Gasteiger partial charge >= 0.3 is 0 Å². The molecule has 0 atom stereocenters. The Kier molecular flexibility index (Phi) is 6.18. The number of carbonyl (C=O) groups is 1. The van der Waals surface area contributed by atoms with Crippen LogP contribution in [0.3, 0.4) is 0 Å². The van der Waals surface area contributed by atoms with Crippen LogP contribution in [0.5, 0.6) is 11.5 Å². The Labute approximate surface area is 186 Å². The summed E-state index contributed by atoms with van der Waals surface area (Å²) < 4.78 is 34.7.